The van der Waals surface area contributed by atoms with Crippen molar-refractivity contribution >= 4 is 46.0 Å². The molecular weight excluding hydrogens is 404 g/mol. The second kappa shape index (κ2) is 8.47. The molecule has 5 nitrogen and oxygen atoms in total. The Balaban J connectivity index is 1.49. The Hall–Kier alpha value is -2.51. The minimum absolute atomic E-state index is 0.0644. The Morgan fingerprint density at radius 2 is 1.83 bits per heavy atom. The SMILES string of the molecule is CCN(CC)c1ccc(C=C2SC(=S)N(Cc3ccc4c(c3)OCO4)C2=O)cc1. The number of carbonyl (C=O) groups excluding carboxylic acids is 1. The number of amides is 1. The zero-order valence-electron chi connectivity index (χ0n) is 16.4. The summed E-state index contributed by atoms with van der Waals surface area (Å²) in [6.45, 7) is 6.86. The van der Waals surface area contributed by atoms with Crippen LogP contribution in [0.1, 0.15) is 25.0 Å². The Kier molecular flexibility index (Phi) is 5.78. The predicted octanol–water partition coefficient (Wildman–Crippen LogP) is 4.66. The molecule has 0 aromatic heterocycles. The number of anilines is 1. The normalized spacial score (nSPS) is 16.8. The Morgan fingerprint density at radius 1 is 1.10 bits per heavy atom. The summed E-state index contributed by atoms with van der Waals surface area (Å²) in [5, 5.41) is 0. The topological polar surface area (TPSA) is 42.0 Å². The highest BCUT2D eigenvalue weighted by atomic mass is 32.2. The van der Waals surface area contributed by atoms with E-state index in [-0.39, 0.29) is 12.7 Å². The second-order valence-electron chi connectivity index (χ2n) is 6.72. The van der Waals surface area contributed by atoms with E-state index in [0.717, 1.165) is 30.0 Å². The van der Waals surface area contributed by atoms with E-state index in [1.807, 2.05) is 36.4 Å². The maximum Gasteiger partial charge on any atom is 0.266 e. The van der Waals surface area contributed by atoms with Crippen molar-refractivity contribution in [1.29, 1.82) is 0 Å². The van der Waals surface area contributed by atoms with Crippen LogP contribution >= 0.6 is 24.0 Å². The number of rotatable bonds is 6. The molecule has 2 aliphatic rings. The lowest BCUT2D eigenvalue weighted by molar-refractivity contribution is -0.122. The first kappa shape index (κ1) is 19.8. The van der Waals surface area contributed by atoms with E-state index in [9.17, 15) is 4.79 Å². The average Bonchev–Trinajstić information content (AvgIpc) is 3.30. The highest BCUT2D eigenvalue weighted by molar-refractivity contribution is 8.26. The number of hydrogen-bond donors (Lipinski definition) is 0. The molecule has 2 aromatic carbocycles. The summed E-state index contributed by atoms with van der Waals surface area (Å²) in [4.78, 5) is 17.5. The monoisotopic (exact) mass is 426 g/mol. The molecule has 29 heavy (non-hydrogen) atoms. The van der Waals surface area contributed by atoms with Crippen molar-refractivity contribution in [3.8, 4) is 11.5 Å². The van der Waals surface area contributed by atoms with Gasteiger partial charge in [0.15, 0.2) is 11.5 Å². The zero-order valence-corrected chi connectivity index (χ0v) is 18.0. The predicted molar refractivity (Wildman–Crippen MR) is 121 cm³/mol. The Morgan fingerprint density at radius 3 is 2.55 bits per heavy atom. The highest BCUT2D eigenvalue weighted by Gasteiger charge is 2.32. The van der Waals surface area contributed by atoms with Gasteiger partial charge in [0.05, 0.1) is 11.4 Å². The molecule has 7 heteroatoms. The van der Waals surface area contributed by atoms with Gasteiger partial charge in [-0.05, 0) is 55.3 Å². The summed E-state index contributed by atoms with van der Waals surface area (Å²) in [7, 11) is 0. The first-order chi connectivity index (χ1) is 14.1. The minimum Gasteiger partial charge on any atom is -0.454 e. The first-order valence-corrected chi connectivity index (χ1v) is 10.8. The molecular formula is C22H22N2O3S2. The van der Waals surface area contributed by atoms with Crippen LogP contribution in [0.5, 0.6) is 11.5 Å². The molecule has 2 aromatic rings. The quantitative estimate of drug-likeness (QED) is 0.494. The van der Waals surface area contributed by atoms with Crippen LogP contribution in [-0.2, 0) is 11.3 Å². The van der Waals surface area contributed by atoms with E-state index in [1.165, 1.54) is 17.4 Å². The molecule has 0 unspecified atom stereocenters. The van der Waals surface area contributed by atoms with Gasteiger partial charge in [0.1, 0.15) is 4.32 Å². The Bertz CT molecular complexity index is 969. The fourth-order valence-electron chi connectivity index (χ4n) is 3.38. The second-order valence-corrected chi connectivity index (χ2v) is 8.40. The third kappa shape index (κ3) is 4.11. The standard InChI is InChI=1S/C22H22N2O3S2/c1-3-23(4-2)17-8-5-15(6-9-17)12-20-21(25)24(22(28)29-20)13-16-7-10-18-19(11-16)27-14-26-18/h5-12H,3-4,13-14H2,1-2H3. The summed E-state index contributed by atoms with van der Waals surface area (Å²) in [6.07, 6.45) is 1.91. The number of carbonyl (C=O) groups is 1. The van der Waals surface area contributed by atoms with Crippen LogP contribution in [0, 0.1) is 0 Å². The Labute approximate surface area is 180 Å². The number of thiocarbonyl (C=S) groups is 1. The molecule has 0 saturated carbocycles. The number of benzene rings is 2. The van der Waals surface area contributed by atoms with E-state index in [1.54, 1.807) is 4.90 Å². The minimum atomic E-state index is -0.0644. The molecule has 0 atom stereocenters. The van der Waals surface area contributed by atoms with Crippen molar-refractivity contribution in [2.24, 2.45) is 0 Å². The number of hydrogen-bond acceptors (Lipinski definition) is 6. The van der Waals surface area contributed by atoms with Gasteiger partial charge in [-0.2, -0.15) is 0 Å². The summed E-state index contributed by atoms with van der Waals surface area (Å²) in [5.74, 6) is 1.37. The van der Waals surface area contributed by atoms with Crippen molar-refractivity contribution in [1.82, 2.24) is 4.90 Å². The first-order valence-electron chi connectivity index (χ1n) is 9.58. The van der Waals surface area contributed by atoms with Gasteiger partial charge in [-0.1, -0.05) is 42.2 Å². The van der Waals surface area contributed by atoms with Crippen LogP contribution in [0.4, 0.5) is 5.69 Å². The van der Waals surface area contributed by atoms with E-state index >= 15 is 0 Å². The third-order valence-electron chi connectivity index (χ3n) is 4.97. The fraction of sp³-hybridized carbons (Fsp3) is 0.273. The van der Waals surface area contributed by atoms with Gasteiger partial charge in [-0.15, -0.1) is 0 Å². The van der Waals surface area contributed by atoms with Crippen molar-refractivity contribution in [3.05, 3.63) is 58.5 Å². The molecule has 4 rings (SSSR count). The van der Waals surface area contributed by atoms with Gasteiger partial charge < -0.3 is 14.4 Å². The average molecular weight is 427 g/mol. The fourth-order valence-corrected chi connectivity index (χ4v) is 4.63. The van der Waals surface area contributed by atoms with Crippen LogP contribution in [0.3, 0.4) is 0 Å². The molecule has 1 fully saturated rings. The van der Waals surface area contributed by atoms with Crippen LogP contribution < -0.4 is 14.4 Å². The van der Waals surface area contributed by atoms with Crippen molar-refractivity contribution < 1.29 is 14.3 Å². The molecule has 1 amide bonds. The van der Waals surface area contributed by atoms with Gasteiger partial charge in [0.25, 0.3) is 5.91 Å². The lowest BCUT2D eigenvalue weighted by atomic mass is 10.1. The number of nitrogens with zero attached hydrogens (tertiary/aromatic N) is 2. The number of ether oxygens (including phenoxy) is 2. The lowest BCUT2D eigenvalue weighted by Crippen LogP contribution is -2.27. The van der Waals surface area contributed by atoms with E-state index in [2.05, 4.69) is 30.9 Å². The van der Waals surface area contributed by atoms with Crippen LogP contribution in [0.15, 0.2) is 47.4 Å². The molecule has 0 bridgehead atoms. The highest BCUT2D eigenvalue weighted by Crippen LogP contribution is 2.36. The number of fused-ring (bicyclic) bond motifs is 1. The molecule has 2 heterocycles. The summed E-state index contributed by atoms with van der Waals surface area (Å²) >= 11 is 6.80. The van der Waals surface area contributed by atoms with Crippen molar-refractivity contribution in [2.45, 2.75) is 20.4 Å². The maximum absolute atomic E-state index is 12.9. The van der Waals surface area contributed by atoms with Gasteiger partial charge in [0, 0.05) is 18.8 Å². The van der Waals surface area contributed by atoms with Crippen LogP contribution in [-0.4, -0.2) is 35.0 Å². The molecule has 150 valence electrons. The summed E-state index contributed by atoms with van der Waals surface area (Å²) < 4.78 is 11.3. The molecule has 2 aliphatic heterocycles. The lowest BCUT2D eigenvalue weighted by Gasteiger charge is -2.20. The summed E-state index contributed by atoms with van der Waals surface area (Å²) in [6, 6.07) is 14.0. The molecule has 0 spiro atoms. The van der Waals surface area contributed by atoms with E-state index in [4.69, 9.17) is 21.7 Å². The largest absolute Gasteiger partial charge is 0.454 e. The molecule has 0 radical (unpaired) electrons. The van der Waals surface area contributed by atoms with Crippen molar-refractivity contribution in [2.75, 3.05) is 24.8 Å². The van der Waals surface area contributed by atoms with Gasteiger partial charge in [-0.25, -0.2) is 0 Å². The van der Waals surface area contributed by atoms with Crippen molar-refractivity contribution in [3.63, 3.8) is 0 Å². The van der Waals surface area contributed by atoms with Crippen LogP contribution in [0.25, 0.3) is 6.08 Å². The third-order valence-corrected chi connectivity index (χ3v) is 6.35. The summed E-state index contributed by atoms with van der Waals surface area (Å²) in [5.41, 5.74) is 3.13. The van der Waals surface area contributed by atoms with E-state index < -0.39 is 0 Å². The number of thioether (sulfide) groups is 1. The van der Waals surface area contributed by atoms with Gasteiger partial charge >= 0.3 is 0 Å². The molecule has 0 N–H and O–H groups in total. The smallest absolute Gasteiger partial charge is 0.266 e. The van der Waals surface area contributed by atoms with Gasteiger partial charge in [-0.3, -0.25) is 9.69 Å². The van der Waals surface area contributed by atoms with Crippen LogP contribution in [0.2, 0.25) is 0 Å². The zero-order chi connectivity index (χ0) is 20.4. The van der Waals surface area contributed by atoms with Gasteiger partial charge in [0.2, 0.25) is 6.79 Å². The molecule has 0 aliphatic carbocycles. The van der Waals surface area contributed by atoms with E-state index in [0.29, 0.717) is 21.5 Å². The molecule has 1 saturated heterocycles. The maximum atomic E-state index is 12.9.